The molecule has 0 aromatic heterocycles. The number of nitrogens with one attached hydrogen (secondary N) is 1. The average Bonchev–Trinajstić information content (AvgIpc) is 3.15. The molecule has 3 rings (SSSR count). The number of rotatable bonds is 5. The lowest BCUT2D eigenvalue weighted by atomic mass is 10.1. The first-order valence-electron chi connectivity index (χ1n) is 7.06. The van der Waals surface area contributed by atoms with Crippen LogP contribution in [0.2, 0.25) is 0 Å². The topological polar surface area (TPSA) is 58.4 Å². The summed E-state index contributed by atoms with van der Waals surface area (Å²) in [6.45, 7) is 2.82. The molecule has 0 spiro atoms. The third kappa shape index (κ3) is 2.75. The molecular formula is C14H18FN3O2. The van der Waals surface area contributed by atoms with E-state index in [4.69, 9.17) is 0 Å². The summed E-state index contributed by atoms with van der Waals surface area (Å²) in [4.78, 5) is 12.7. The number of likely N-dealkylation sites (tertiary alicyclic amines) is 1. The Labute approximate surface area is 116 Å². The minimum atomic E-state index is -0.786. The summed E-state index contributed by atoms with van der Waals surface area (Å²) >= 11 is 0. The number of nitrogens with zero attached hydrogens (tertiary/aromatic N) is 2. The molecule has 1 unspecified atom stereocenters. The van der Waals surface area contributed by atoms with Crippen LogP contribution in [0.25, 0.3) is 0 Å². The van der Waals surface area contributed by atoms with Crippen LogP contribution < -0.4 is 5.32 Å². The summed E-state index contributed by atoms with van der Waals surface area (Å²) in [5.74, 6) is -0.301. The van der Waals surface area contributed by atoms with Crippen molar-refractivity contribution in [2.24, 2.45) is 5.92 Å². The number of para-hydroxylation sites is 1. The lowest BCUT2D eigenvalue weighted by Gasteiger charge is -2.15. The minimum Gasteiger partial charge on any atom is -0.379 e. The van der Waals surface area contributed by atoms with Gasteiger partial charge >= 0.3 is 5.69 Å². The Bertz CT molecular complexity index is 519. The van der Waals surface area contributed by atoms with Crippen LogP contribution in [0.5, 0.6) is 0 Å². The van der Waals surface area contributed by atoms with Gasteiger partial charge in [-0.15, -0.1) is 0 Å². The number of benzene rings is 1. The Kier molecular flexibility index (Phi) is 3.56. The fourth-order valence-corrected chi connectivity index (χ4v) is 2.90. The van der Waals surface area contributed by atoms with Gasteiger partial charge in [-0.2, -0.15) is 4.39 Å². The van der Waals surface area contributed by atoms with Crippen LogP contribution in [0.3, 0.4) is 0 Å². The van der Waals surface area contributed by atoms with Crippen molar-refractivity contribution in [1.29, 1.82) is 0 Å². The van der Waals surface area contributed by atoms with Gasteiger partial charge in [0.05, 0.1) is 4.92 Å². The van der Waals surface area contributed by atoms with Crippen molar-refractivity contribution in [3.63, 3.8) is 0 Å². The first-order valence-corrected chi connectivity index (χ1v) is 7.06. The van der Waals surface area contributed by atoms with Gasteiger partial charge in [-0.25, -0.2) is 0 Å². The van der Waals surface area contributed by atoms with E-state index in [9.17, 15) is 14.5 Å². The number of halogens is 1. The first-order chi connectivity index (χ1) is 9.65. The molecule has 0 bridgehead atoms. The highest BCUT2D eigenvalue weighted by molar-refractivity contribution is 5.61. The maximum Gasteiger partial charge on any atom is 0.327 e. The van der Waals surface area contributed by atoms with Crippen LogP contribution in [0, 0.1) is 21.8 Å². The highest BCUT2D eigenvalue weighted by Gasteiger charge is 2.34. The highest BCUT2D eigenvalue weighted by Crippen LogP contribution is 2.32. The molecule has 108 valence electrons. The van der Waals surface area contributed by atoms with Crippen LogP contribution in [-0.4, -0.2) is 35.5 Å². The van der Waals surface area contributed by atoms with Gasteiger partial charge in [0.2, 0.25) is 5.82 Å². The maximum atomic E-state index is 13.5. The Morgan fingerprint density at radius 3 is 2.90 bits per heavy atom. The van der Waals surface area contributed by atoms with Crippen LogP contribution in [0.15, 0.2) is 18.2 Å². The number of hydrogen-bond donors (Lipinski definition) is 1. The third-order valence-corrected chi connectivity index (χ3v) is 4.13. The zero-order valence-corrected chi connectivity index (χ0v) is 11.2. The molecule has 5 nitrogen and oxygen atoms in total. The van der Waals surface area contributed by atoms with Crippen molar-refractivity contribution in [1.82, 2.24) is 4.90 Å². The van der Waals surface area contributed by atoms with E-state index < -0.39 is 16.4 Å². The summed E-state index contributed by atoms with van der Waals surface area (Å²) in [5, 5.41) is 14.0. The smallest absolute Gasteiger partial charge is 0.327 e. The van der Waals surface area contributed by atoms with Gasteiger partial charge in [0.1, 0.15) is 5.69 Å². The predicted molar refractivity (Wildman–Crippen MR) is 74.2 cm³/mol. The van der Waals surface area contributed by atoms with Crippen molar-refractivity contribution in [3.8, 4) is 0 Å². The van der Waals surface area contributed by atoms with Crippen LogP contribution in [-0.2, 0) is 0 Å². The summed E-state index contributed by atoms with van der Waals surface area (Å²) in [6, 6.07) is 4.95. The molecule has 6 heteroatoms. The summed E-state index contributed by atoms with van der Waals surface area (Å²) < 4.78 is 13.5. The van der Waals surface area contributed by atoms with E-state index in [1.165, 1.54) is 18.9 Å². The lowest BCUT2D eigenvalue weighted by molar-refractivity contribution is -0.386. The second-order valence-electron chi connectivity index (χ2n) is 5.65. The van der Waals surface area contributed by atoms with E-state index in [2.05, 4.69) is 10.2 Å². The van der Waals surface area contributed by atoms with Gasteiger partial charge in [-0.05, 0) is 43.9 Å². The van der Waals surface area contributed by atoms with Gasteiger partial charge in [0.25, 0.3) is 0 Å². The molecule has 1 N–H and O–H groups in total. The van der Waals surface area contributed by atoms with E-state index in [1.807, 2.05) is 0 Å². The summed E-state index contributed by atoms with van der Waals surface area (Å²) in [7, 11) is 0. The molecule has 1 saturated heterocycles. The van der Waals surface area contributed by atoms with Crippen molar-refractivity contribution < 1.29 is 9.31 Å². The molecule has 2 fully saturated rings. The summed E-state index contributed by atoms with van der Waals surface area (Å²) in [5.41, 5.74) is -0.176. The molecule has 1 aromatic rings. The van der Waals surface area contributed by atoms with E-state index in [0.717, 1.165) is 31.6 Å². The van der Waals surface area contributed by atoms with Gasteiger partial charge in [-0.1, -0.05) is 6.07 Å². The Morgan fingerprint density at radius 1 is 1.40 bits per heavy atom. The monoisotopic (exact) mass is 279 g/mol. The van der Waals surface area contributed by atoms with Crippen molar-refractivity contribution >= 4 is 11.4 Å². The Hall–Kier alpha value is -1.69. The molecule has 1 aliphatic carbocycles. The second-order valence-corrected chi connectivity index (χ2v) is 5.65. The molecule has 1 aliphatic heterocycles. The van der Waals surface area contributed by atoms with Crippen molar-refractivity contribution in [2.75, 3.05) is 25.0 Å². The molecule has 1 atom stereocenters. The highest BCUT2D eigenvalue weighted by atomic mass is 19.1. The third-order valence-electron chi connectivity index (χ3n) is 4.13. The fraction of sp³-hybridized carbons (Fsp3) is 0.571. The van der Waals surface area contributed by atoms with Crippen LogP contribution in [0.4, 0.5) is 15.8 Å². The number of nitro benzene ring substituents is 1. The summed E-state index contributed by atoms with van der Waals surface area (Å²) in [6.07, 6.45) is 3.71. The largest absolute Gasteiger partial charge is 0.379 e. The number of hydrogen-bond acceptors (Lipinski definition) is 4. The van der Waals surface area contributed by atoms with Gasteiger partial charge in [-0.3, -0.25) is 10.1 Å². The first kappa shape index (κ1) is 13.3. The molecule has 1 heterocycles. The zero-order valence-electron chi connectivity index (χ0n) is 11.2. The standard InChI is InChI=1S/C14H18FN3O2/c15-12-2-1-3-13(14(12)18(19)20)16-8-10-6-7-17(9-10)11-4-5-11/h1-3,10-11,16H,4-9H2. The molecule has 1 aromatic carbocycles. The normalized spacial score (nSPS) is 22.9. The molecule has 1 saturated carbocycles. The Morgan fingerprint density at radius 2 is 2.20 bits per heavy atom. The number of nitro groups is 1. The van der Waals surface area contributed by atoms with Crippen molar-refractivity contribution in [2.45, 2.75) is 25.3 Å². The Balaban J connectivity index is 1.61. The van der Waals surface area contributed by atoms with Gasteiger partial charge < -0.3 is 10.2 Å². The molecular weight excluding hydrogens is 261 g/mol. The average molecular weight is 279 g/mol. The maximum absolute atomic E-state index is 13.5. The SMILES string of the molecule is O=[N+]([O-])c1c(F)cccc1NCC1CCN(C2CC2)C1. The van der Waals surface area contributed by atoms with E-state index in [0.29, 0.717) is 12.5 Å². The van der Waals surface area contributed by atoms with Gasteiger partial charge in [0.15, 0.2) is 0 Å². The van der Waals surface area contributed by atoms with Crippen molar-refractivity contribution in [3.05, 3.63) is 34.1 Å². The molecule has 0 radical (unpaired) electrons. The fourth-order valence-electron chi connectivity index (χ4n) is 2.90. The second kappa shape index (κ2) is 5.36. The lowest BCUT2D eigenvalue weighted by Crippen LogP contribution is -2.24. The number of anilines is 1. The quantitative estimate of drug-likeness (QED) is 0.665. The van der Waals surface area contributed by atoms with E-state index in [-0.39, 0.29) is 5.69 Å². The zero-order chi connectivity index (χ0) is 14.1. The molecule has 2 aliphatic rings. The van der Waals surface area contributed by atoms with Crippen LogP contribution >= 0.6 is 0 Å². The molecule has 20 heavy (non-hydrogen) atoms. The van der Waals surface area contributed by atoms with E-state index >= 15 is 0 Å². The predicted octanol–water partition coefficient (Wildman–Crippen LogP) is 2.63. The van der Waals surface area contributed by atoms with Gasteiger partial charge in [0, 0.05) is 19.1 Å². The van der Waals surface area contributed by atoms with Crippen LogP contribution in [0.1, 0.15) is 19.3 Å². The minimum absolute atomic E-state index is 0.278. The van der Waals surface area contributed by atoms with E-state index in [1.54, 1.807) is 6.07 Å². The molecule has 0 amide bonds.